The Morgan fingerprint density at radius 2 is 2.07 bits per heavy atom. The molecule has 4 amide bonds. The summed E-state index contributed by atoms with van der Waals surface area (Å²) in [6.07, 6.45) is 5.77. The molecule has 1 saturated heterocycles. The number of rotatable bonds is 4. The molecule has 0 unspecified atom stereocenters. The van der Waals surface area contributed by atoms with Crippen LogP contribution in [0.2, 0.25) is 0 Å². The summed E-state index contributed by atoms with van der Waals surface area (Å²) in [4.78, 5) is 40.8. The first kappa shape index (κ1) is 19.4. The van der Waals surface area contributed by atoms with Gasteiger partial charge in [-0.25, -0.2) is 4.79 Å². The number of aryl methyl sites for hydroxylation is 1. The molecule has 8 nitrogen and oxygen atoms in total. The first-order chi connectivity index (χ1) is 12.5. The van der Waals surface area contributed by atoms with Gasteiger partial charge in [-0.1, -0.05) is 20.8 Å². The molecule has 1 aliphatic heterocycles. The van der Waals surface area contributed by atoms with E-state index in [0.29, 0.717) is 25.3 Å². The third-order valence-electron chi connectivity index (χ3n) is 5.52. The van der Waals surface area contributed by atoms with Crippen molar-refractivity contribution in [2.45, 2.75) is 52.1 Å². The molecule has 1 N–H and O–H groups in total. The molecule has 3 rings (SSSR count). The summed E-state index contributed by atoms with van der Waals surface area (Å²) in [5, 5.41) is 6.99. The molecule has 1 aromatic rings. The number of carbonyl (C=O) groups excluding carboxylic acids is 3. The Labute approximate surface area is 159 Å². The number of nitrogens with one attached hydrogen (secondary N) is 1. The first-order valence-electron chi connectivity index (χ1n) is 9.37. The summed E-state index contributed by atoms with van der Waals surface area (Å²) in [7, 11) is 3.47. The summed E-state index contributed by atoms with van der Waals surface area (Å²) >= 11 is 0. The summed E-state index contributed by atoms with van der Waals surface area (Å²) in [5.41, 5.74) is -0.0112. The molecule has 27 heavy (non-hydrogen) atoms. The number of amides is 4. The third-order valence-corrected chi connectivity index (χ3v) is 5.52. The monoisotopic (exact) mass is 375 g/mol. The van der Waals surface area contributed by atoms with Crippen LogP contribution in [0.1, 0.15) is 45.6 Å². The Kier molecular flexibility index (Phi) is 4.78. The van der Waals surface area contributed by atoms with Crippen molar-refractivity contribution >= 4 is 17.8 Å². The lowest BCUT2D eigenvalue weighted by atomic mass is 9.64. The molecule has 1 aliphatic carbocycles. The molecule has 1 aromatic heterocycles. The highest BCUT2D eigenvalue weighted by molar-refractivity contribution is 6.09. The van der Waals surface area contributed by atoms with Crippen LogP contribution in [0.4, 0.5) is 4.79 Å². The normalized spacial score (nSPS) is 27.1. The van der Waals surface area contributed by atoms with Gasteiger partial charge in [0.05, 0.1) is 6.20 Å². The number of imide groups is 1. The lowest BCUT2D eigenvalue weighted by molar-refractivity contribution is -0.140. The van der Waals surface area contributed by atoms with Crippen LogP contribution in [0.5, 0.6) is 0 Å². The van der Waals surface area contributed by atoms with Crippen LogP contribution in [-0.4, -0.2) is 56.6 Å². The van der Waals surface area contributed by atoms with Gasteiger partial charge in [0.2, 0.25) is 5.91 Å². The van der Waals surface area contributed by atoms with Gasteiger partial charge in [-0.05, 0) is 30.6 Å². The zero-order valence-electron chi connectivity index (χ0n) is 16.8. The van der Waals surface area contributed by atoms with E-state index in [-0.39, 0.29) is 23.8 Å². The van der Waals surface area contributed by atoms with E-state index in [4.69, 9.17) is 0 Å². The minimum atomic E-state index is -0.875. The zero-order valence-corrected chi connectivity index (χ0v) is 16.8. The van der Waals surface area contributed by atoms with Gasteiger partial charge in [-0.2, -0.15) is 5.10 Å². The van der Waals surface area contributed by atoms with E-state index >= 15 is 0 Å². The van der Waals surface area contributed by atoms with Crippen molar-refractivity contribution in [3.63, 3.8) is 0 Å². The average Bonchev–Trinajstić information content (AvgIpc) is 3.02. The Bertz CT molecular complexity index is 771. The number of hydrogen-bond donors (Lipinski definition) is 1. The Morgan fingerprint density at radius 1 is 1.37 bits per heavy atom. The maximum atomic E-state index is 13.1. The van der Waals surface area contributed by atoms with E-state index < -0.39 is 11.6 Å². The first-order valence-corrected chi connectivity index (χ1v) is 9.37. The quantitative estimate of drug-likeness (QED) is 0.808. The predicted octanol–water partition coefficient (Wildman–Crippen LogP) is 1.52. The molecule has 1 spiro atoms. The maximum Gasteiger partial charge on any atom is 0.325 e. The third kappa shape index (κ3) is 3.84. The van der Waals surface area contributed by atoms with Crippen LogP contribution in [0.15, 0.2) is 12.4 Å². The largest absolute Gasteiger partial charge is 0.340 e. The summed E-state index contributed by atoms with van der Waals surface area (Å²) in [6.45, 7) is 6.50. The van der Waals surface area contributed by atoms with E-state index in [1.165, 1.54) is 4.90 Å². The number of urea groups is 1. The summed E-state index contributed by atoms with van der Waals surface area (Å²) in [6, 6.07) is -0.465. The van der Waals surface area contributed by atoms with Gasteiger partial charge < -0.3 is 10.2 Å². The second-order valence-electron chi connectivity index (χ2n) is 9.03. The van der Waals surface area contributed by atoms with Crippen molar-refractivity contribution in [2.24, 2.45) is 18.4 Å². The molecule has 0 aromatic carbocycles. The fraction of sp³-hybridized carbons (Fsp3) is 0.684. The molecule has 2 aliphatic rings. The molecule has 1 saturated carbocycles. The van der Waals surface area contributed by atoms with E-state index in [0.717, 1.165) is 16.9 Å². The van der Waals surface area contributed by atoms with Crippen LogP contribution in [-0.2, 0) is 23.2 Å². The lowest BCUT2D eigenvalue weighted by Crippen LogP contribution is -2.54. The van der Waals surface area contributed by atoms with Crippen molar-refractivity contribution in [1.82, 2.24) is 24.9 Å². The Hall–Kier alpha value is -2.38. The van der Waals surface area contributed by atoms with Gasteiger partial charge in [0.25, 0.3) is 5.91 Å². The summed E-state index contributed by atoms with van der Waals surface area (Å²) in [5.74, 6) is -0.209. The van der Waals surface area contributed by atoms with Crippen molar-refractivity contribution < 1.29 is 14.4 Å². The molecule has 8 heteroatoms. The fourth-order valence-electron chi connectivity index (χ4n) is 4.82. The van der Waals surface area contributed by atoms with Crippen molar-refractivity contribution in [3.05, 3.63) is 18.0 Å². The fourth-order valence-corrected chi connectivity index (χ4v) is 4.82. The minimum absolute atomic E-state index is 0.0300. The van der Waals surface area contributed by atoms with Crippen molar-refractivity contribution in [2.75, 3.05) is 13.6 Å². The van der Waals surface area contributed by atoms with Crippen LogP contribution in [0.3, 0.4) is 0 Å². The Morgan fingerprint density at radius 3 is 2.67 bits per heavy atom. The van der Waals surface area contributed by atoms with E-state index in [1.807, 2.05) is 13.2 Å². The average molecular weight is 375 g/mol. The highest BCUT2D eigenvalue weighted by atomic mass is 16.2. The van der Waals surface area contributed by atoms with Crippen LogP contribution < -0.4 is 5.32 Å². The highest BCUT2D eigenvalue weighted by Crippen LogP contribution is 2.46. The highest BCUT2D eigenvalue weighted by Gasteiger charge is 2.56. The molecular formula is C19H29N5O3. The zero-order chi connectivity index (χ0) is 20.0. The van der Waals surface area contributed by atoms with Gasteiger partial charge in [0, 0.05) is 32.4 Å². The SMILES string of the molecule is C[C@H]1CC(C)(C)C[C@@]2(C1)NC(=O)N(CC(=O)N(C)Cc1cnn(C)c1)C2=O. The number of likely N-dealkylation sites (N-methyl/N-ethyl adjacent to an activating group) is 1. The molecule has 2 atom stereocenters. The van der Waals surface area contributed by atoms with E-state index in [2.05, 4.69) is 31.2 Å². The Balaban J connectivity index is 1.69. The molecule has 0 bridgehead atoms. The number of hydrogen-bond acceptors (Lipinski definition) is 4. The molecule has 2 fully saturated rings. The molecular weight excluding hydrogens is 346 g/mol. The molecule has 148 valence electrons. The predicted molar refractivity (Wildman–Crippen MR) is 99.5 cm³/mol. The van der Waals surface area contributed by atoms with Crippen molar-refractivity contribution in [3.8, 4) is 0 Å². The minimum Gasteiger partial charge on any atom is -0.340 e. The second-order valence-corrected chi connectivity index (χ2v) is 9.03. The standard InChI is InChI=1S/C19H29N5O3/c1-13-6-18(2,3)12-19(7-13)16(26)24(17(27)21-19)11-15(25)22(4)9-14-8-20-23(5)10-14/h8,10,13H,6-7,9,11-12H2,1-5H3,(H,21,27)/t13-,19+/m0/s1. The maximum absolute atomic E-state index is 13.1. The van der Waals surface area contributed by atoms with Gasteiger partial charge in [-0.3, -0.25) is 19.2 Å². The summed E-state index contributed by atoms with van der Waals surface area (Å²) < 4.78 is 1.67. The molecule has 2 heterocycles. The van der Waals surface area contributed by atoms with Crippen LogP contribution in [0, 0.1) is 11.3 Å². The lowest BCUT2D eigenvalue weighted by Gasteiger charge is -2.43. The number of nitrogens with zero attached hydrogens (tertiary/aromatic N) is 4. The van der Waals surface area contributed by atoms with Crippen LogP contribution in [0.25, 0.3) is 0 Å². The van der Waals surface area contributed by atoms with Crippen molar-refractivity contribution in [1.29, 1.82) is 0 Å². The molecule has 0 radical (unpaired) electrons. The van der Waals surface area contributed by atoms with Gasteiger partial charge in [-0.15, -0.1) is 0 Å². The van der Waals surface area contributed by atoms with Crippen LogP contribution >= 0.6 is 0 Å². The van der Waals surface area contributed by atoms with Gasteiger partial charge in [0.15, 0.2) is 0 Å². The number of aromatic nitrogens is 2. The smallest absolute Gasteiger partial charge is 0.325 e. The second kappa shape index (κ2) is 6.65. The van der Waals surface area contributed by atoms with Gasteiger partial charge in [0.1, 0.15) is 12.1 Å². The topological polar surface area (TPSA) is 87.5 Å². The van der Waals surface area contributed by atoms with E-state index in [1.54, 1.807) is 17.9 Å². The number of carbonyl (C=O) groups is 3. The van der Waals surface area contributed by atoms with E-state index in [9.17, 15) is 14.4 Å². The van der Waals surface area contributed by atoms with Gasteiger partial charge >= 0.3 is 6.03 Å².